The summed E-state index contributed by atoms with van der Waals surface area (Å²) in [5.41, 5.74) is -2.28. The molecular weight excluding hydrogens is 1820 g/mol. The SMILES string of the molecule is CCC(C)(C)C(=O)OC1C2CC3C1OC(=O)C3(C)C2.CCC(C)(C)C(=O)OC1C2CC3C1OC(=O)C3C2C.CCC(C)(C)C(=O)OC1CC2CCC1C1COC(=O)C21.CCC(C)(C)C(=O)OCC(=O)OC1C2CC3C(=O)OC1C3C2.CCC(C)C(=O)OC1C2CC3C(=O)OC1C3O2.CCC(C)C(=O)OC1C2CC3C1OC(=O)C3C2C(=O)OC.CCOC(=O)C1C2CC3C(OC(=O)C31)C2OC(=O)C(C)CC. The van der Waals surface area contributed by atoms with E-state index in [1.165, 1.54) is 7.11 Å². The Kier molecular flexibility index (Phi) is 30.5. The van der Waals surface area contributed by atoms with Crippen LogP contribution in [-0.4, -0.2) is 220 Å². The van der Waals surface area contributed by atoms with Crippen LogP contribution in [0.15, 0.2) is 0 Å². The van der Waals surface area contributed by atoms with Gasteiger partial charge in [-0.15, -0.1) is 0 Å². The summed E-state index contributed by atoms with van der Waals surface area (Å²) < 4.78 is 97.4. The molecule has 35 nitrogen and oxygen atoms in total. The first kappa shape index (κ1) is 105. The standard InChI is InChI=1S/2C16H22O6.C16H24O4.C15H20O6.2C15H22O4.C12H16O5/c1-4-16(2,3)15(19)20-7-11(17)21-12-8-5-9-10(6-8)14(18)22-13(9)12;1-4-7(3)14(17)21-12-8-6-9-11(16(19)22-13(9)12)10(8)15(18)20-5-2;1-4-16(2,3)15(18)20-12-7-9-5-6-10(12)11-8-19-14(17)13(9)11;1-4-6(2)13(16)20-11-7-5-8-10(9(7)14(17)19-3)15(18)21-12(8)11;1-5-14(2,3)12(16)18-10-8-6-9-11(10)19-13(17)15(9,4)7-8;1-5-15(3,4)14(17)19-11-8-6-9-10(7(8)2)13(16)18-12(9)11;1-3-5(2)11(13)16-9-7-4-6-8(15-7)10(9)17-12(6)14/h8-10,12-13H,4-7H2,1-3H3;7-13H,4-6H2,1-3H3;9-13H,4-8H2,1-3H3;6-12H,4-5H2,1-3H3;8-11H,5-7H2,1-4H3;7-12H,5-6H2,1-4H3;5-10H,3-4H2,1-2H3. The van der Waals surface area contributed by atoms with Crippen molar-refractivity contribution in [1.29, 1.82) is 0 Å². The highest BCUT2D eigenvalue weighted by Gasteiger charge is 2.75. The molecule has 0 aromatic carbocycles. The second-order valence-corrected chi connectivity index (χ2v) is 46.4. The lowest BCUT2D eigenvalue weighted by Crippen LogP contribution is -2.50. The molecule has 0 spiro atoms. The van der Waals surface area contributed by atoms with Crippen molar-refractivity contribution in [2.75, 3.05) is 26.9 Å². The predicted octanol–water partition coefficient (Wildman–Crippen LogP) is 11.4. The molecule has 9 heterocycles. The van der Waals surface area contributed by atoms with Crippen molar-refractivity contribution in [1.82, 2.24) is 0 Å². The minimum absolute atomic E-state index is 0.00636. The minimum Gasteiger partial charge on any atom is -0.469 e. The number of carbonyl (C=O) groups excluding carboxylic acids is 17. The highest BCUT2D eigenvalue weighted by Crippen LogP contribution is 2.65. The highest BCUT2D eigenvalue weighted by molar-refractivity contribution is 5.89. The van der Waals surface area contributed by atoms with Crippen LogP contribution < -0.4 is 0 Å². The summed E-state index contributed by atoms with van der Waals surface area (Å²) in [7, 11) is 1.31. The molecule has 778 valence electrons. The lowest BCUT2D eigenvalue weighted by Gasteiger charge is -2.47. The Morgan fingerprint density at radius 1 is 0.386 bits per heavy atom. The number of cyclic esters (lactones) is 1. The van der Waals surface area contributed by atoms with E-state index in [1.54, 1.807) is 27.7 Å². The molecule has 22 rings (SSSR count). The molecule has 0 N–H and O–H groups in total. The van der Waals surface area contributed by atoms with Crippen LogP contribution in [0.25, 0.3) is 0 Å². The smallest absolute Gasteiger partial charge is 0.344 e. The van der Waals surface area contributed by atoms with Crippen molar-refractivity contribution in [2.45, 2.75) is 353 Å². The van der Waals surface area contributed by atoms with E-state index in [2.05, 4.69) is 6.92 Å². The largest absolute Gasteiger partial charge is 0.469 e. The minimum atomic E-state index is -0.610. The van der Waals surface area contributed by atoms with Gasteiger partial charge in [-0.3, -0.25) is 76.7 Å². The fourth-order valence-corrected chi connectivity index (χ4v) is 26.5. The van der Waals surface area contributed by atoms with Gasteiger partial charge in [0.15, 0.2) is 18.8 Å². The van der Waals surface area contributed by atoms with Gasteiger partial charge in [0.05, 0.1) is 119 Å². The van der Waals surface area contributed by atoms with Gasteiger partial charge in [0.25, 0.3) is 0 Å². The molecule has 0 aromatic heterocycles. The monoisotopic (exact) mass is 1970 g/mol. The Labute approximate surface area is 818 Å². The molecule has 13 saturated carbocycles. The normalized spacial score (nSPS) is 40.6. The van der Waals surface area contributed by atoms with E-state index in [4.69, 9.17) is 85.3 Å². The third-order valence-electron chi connectivity index (χ3n) is 37.2. The van der Waals surface area contributed by atoms with Crippen LogP contribution in [-0.2, 0) is 167 Å². The van der Waals surface area contributed by atoms with Crippen molar-refractivity contribution < 1.29 is 167 Å². The average molecular weight is 1970 g/mol. The van der Waals surface area contributed by atoms with Crippen LogP contribution in [0.3, 0.4) is 0 Å². The first-order valence-corrected chi connectivity index (χ1v) is 51.9. The fourth-order valence-electron chi connectivity index (χ4n) is 26.5. The molecule has 0 radical (unpaired) electrons. The lowest BCUT2D eigenvalue weighted by atomic mass is 9.58. The summed E-state index contributed by atoms with van der Waals surface area (Å²) in [5, 5.41) is 0. The van der Waals surface area contributed by atoms with E-state index in [1.807, 2.05) is 111 Å². The summed E-state index contributed by atoms with van der Waals surface area (Å²) in [4.78, 5) is 203. The molecule has 41 unspecified atom stereocenters. The van der Waals surface area contributed by atoms with Gasteiger partial charge in [-0.05, 0) is 197 Å². The number of ether oxygens (including phenoxy) is 18. The molecule has 22 fully saturated rings. The topological polar surface area (TPSA) is 456 Å². The van der Waals surface area contributed by atoms with Crippen LogP contribution in [0.4, 0.5) is 0 Å². The molecule has 35 heteroatoms. The summed E-state index contributed by atoms with van der Waals surface area (Å²) in [5.74, 6) is -4.45. The highest BCUT2D eigenvalue weighted by atomic mass is 16.7. The van der Waals surface area contributed by atoms with E-state index < -0.39 is 81.6 Å². The van der Waals surface area contributed by atoms with E-state index in [-0.39, 0.29) is 276 Å². The number of esters is 17. The molecule has 0 aromatic rings. The van der Waals surface area contributed by atoms with Crippen LogP contribution in [0.5, 0.6) is 0 Å². The first-order valence-electron chi connectivity index (χ1n) is 51.9. The van der Waals surface area contributed by atoms with Gasteiger partial charge in [-0.1, -0.05) is 76.2 Å². The van der Waals surface area contributed by atoms with Gasteiger partial charge in [0, 0.05) is 71.0 Å². The van der Waals surface area contributed by atoms with Gasteiger partial charge < -0.3 is 85.3 Å². The molecule has 13 aliphatic carbocycles. The third-order valence-corrected chi connectivity index (χ3v) is 37.2. The van der Waals surface area contributed by atoms with Crippen molar-refractivity contribution in [3.05, 3.63) is 0 Å². The van der Waals surface area contributed by atoms with Gasteiger partial charge in [0.1, 0.15) is 73.2 Å². The number of methoxy groups -OCH3 is 1. The van der Waals surface area contributed by atoms with Gasteiger partial charge in [-0.2, -0.15) is 0 Å². The quantitative estimate of drug-likeness (QED) is 0.0573. The second kappa shape index (κ2) is 40.5. The Hall–Kier alpha value is -9.05. The molecule has 22 aliphatic rings. The lowest BCUT2D eigenvalue weighted by molar-refractivity contribution is -0.174. The van der Waals surface area contributed by atoms with Gasteiger partial charge in [0.2, 0.25) is 0 Å². The summed E-state index contributed by atoms with van der Waals surface area (Å²) >= 11 is 0. The third kappa shape index (κ3) is 18.9. The van der Waals surface area contributed by atoms with E-state index >= 15 is 0 Å². The van der Waals surface area contributed by atoms with E-state index in [0.717, 1.165) is 77.0 Å². The van der Waals surface area contributed by atoms with Crippen molar-refractivity contribution in [3.8, 4) is 0 Å². The number of hydrogen-bond acceptors (Lipinski definition) is 35. The summed E-state index contributed by atoms with van der Waals surface area (Å²) in [6.45, 7) is 40.3. The number of rotatable bonds is 26. The summed E-state index contributed by atoms with van der Waals surface area (Å²) in [6.07, 6.45) is 9.88. The number of fused-ring (bicyclic) bond motifs is 8. The fraction of sp³-hybridized carbons (Fsp3) is 0.838. The second-order valence-electron chi connectivity index (χ2n) is 46.4. The molecular formula is C105H148O35. The predicted molar refractivity (Wildman–Crippen MR) is 484 cm³/mol. The Morgan fingerprint density at radius 2 is 0.843 bits per heavy atom. The van der Waals surface area contributed by atoms with Crippen molar-refractivity contribution in [2.24, 2.45) is 175 Å². The maximum atomic E-state index is 12.3. The number of carbonyl (C=O) groups is 17. The van der Waals surface area contributed by atoms with Crippen LogP contribution in [0, 0.1) is 175 Å². The Bertz CT molecular complexity index is 4790. The Morgan fingerprint density at radius 3 is 1.37 bits per heavy atom. The van der Waals surface area contributed by atoms with Gasteiger partial charge >= 0.3 is 101 Å². The average Bonchev–Trinajstić information content (AvgIpc) is 1.55. The van der Waals surface area contributed by atoms with E-state index in [0.29, 0.717) is 68.8 Å². The van der Waals surface area contributed by atoms with E-state index in [9.17, 15) is 81.5 Å². The molecule has 9 saturated heterocycles. The van der Waals surface area contributed by atoms with Gasteiger partial charge in [-0.25, -0.2) is 4.79 Å². The first-order chi connectivity index (χ1) is 66.0. The summed E-state index contributed by atoms with van der Waals surface area (Å²) in [6, 6.07) is 0. The Balaban J connectivity index is 0.000000124. The van der Waals surface area contributed by atoms with Crippen molar-refractivity contribution >= 4 is 101 Å². The van der Waals surface area contributed by atoms with Crippen molar-refractivity contribution in [3.63, 3.8) is 0 Å². The van der Waals surface area contributed by atoms with Crippen LogP contribution in [0.2, 0.25) is 0 Å². The number of hydrogen-bond donors (Lipinski definition) is 0. The molecule has 14 bridgehead atoms. The van der Waals surface area contributed by atoms with Crippen LogP contribution in [0.1, 0.15) is 261 Å². The molecule has 0 amide bonds. The maximum Gasteiger partial charge on any atom is 0.344 e. The maximum absolute atomic E-state index is 12.3. The molecule has 9 aliphatic heterocycles. The van der Waals surface area contributed by atoms with Crippen LogP contribution >= 0.6 is 0 Å². The zero-order chi connectivity index (χ0) is 102. The molecule has 41 atom stereocenters. The zero-order valence-electron chi connectivity index (χ0n) is 85.2. The zero-order valence-corrected chi connectivity index (χ0v) is 85.2. The molecule has 140 heavy (non-hydrogen) atoms.